The van der Waals surface area contributed by atoms with Gasteiger partial charge < -0.3 is 15.7 Å². The third-order valence-electron chi connectivity index (χ3n) is 4.66. The lowest BCUT2D eigenvalue weighted by Gasteiger charge is -2.32. The van der Waals surface area contributed by atoms with Gasteiger partial charge in [-0.3, -0.25) is 9.59 Å². The van der Waals surface area contributed by atoms with Crippen molar-refractivity contribution < 1.29 is 14.7 Å². The minimum absolute atomic E-state index is 0.0348. The third-order valence-corrected chi connectivity index (χ3v) is 4.66. The zero-order valence-electron chi connectivity index (χ0n) is 9.69. The number of carboxylic acid groups (broad SMARTS) is 1. The highest BCUT2D eigenvalue weighted by atomic mass is 16.4. The SMILES string of the molecule is O=C(NC1C2CCC(C2)C1C(=O)O)C1CNC1. The number of aliphatic carboxylic acids is 1. The molecule has 1 heterocycles. The van der Waals surface area contributed by atoms with Crippen molar-refractivity contribution in [3.05, 3.63) is 0 Å². The molecular weight excluding hydrogens is 220 g/mol. The van der Waals surface area contributed by atoms with Gasteiger partial charge in [0, 0.05) is 19.1 Å². The van der Waals surface area contributed by atoms with Crippen LogP contribution >= 0.6 is 0 Å². The Morgan fingerprint density at radius 2 is 1.88 bits per heavy atom. The van der Waals surface area contributed by atoms with Crippen LogP contribution in [-0.4, -0.2) is 36.1 Å². The standard InChI is InChI=1S/C12H18N2O3/c15-11(8-4-13-5-8)14-10-7-2-1-6(3-7)9(10)12(16)17/h6-10,13H,1-5H2,(H,14,15)(H,16,17). The van der Waals surface area contributed by atoms with E-state index < -0.39 is 5.97 Å². The number of carbonyl (C=O) groups excluding carboxylic acids is 1. The lowest BCUT2D eigenvalue weighted by molar-refractivity contribution is -0.145. The van der Waals surface area contributed by atoms with Crippen molar-refractivity contribution in [3.63, 3.8) is 0 Å². The predicted molar refractivity (Wildman–Crippen MR) is 60.2 cm³/mol. The van der Waals surface area contributed by atoms with Gasteiger partial charge in [-0.15, -0.1) is 0 Å². The van der Waals surface area contributed by atoms with Crippen molar-refractivity contribution in [1.82, 2.24) is 10.6 Å². The van der Waals surface area contributed by atoms with E-state index in [0.29, 0.717) is 5.92 Å². The van der Waals surface area contributed by atoms with Crippen molar-refractivity contribution in [1.29, 1.82) is 0 Å². The number of rotatable bonds is 3. The van der Waals surface area contributed by atoms with Crippen LogP contribution in [0.3, 0.4) is 0 Å². The molecular formula is C12H18N2O3. The van der Waals surface area contributed by atoms with E-state index in [9.17, 15) is 14.7 Å². The van der Waals surface area contributed by atoms with Crippen molar-refractivity contribution >= 4 is 11.9 Å². The van der Waals surface area contributed by atoms with Gasteiger partial charge in [0.25, 0.3) is 0 Å². The first-order valence-corrected chi connectivity index (χ1v) is 6.40. The minimum atomic E-state index is -0.741. The van der Waals surface area contributed by atoms with Crippen molar-refractivity contribution in [2.75, 3.05) is 13.1 Å². The van der Waals surface area contributed by atoms with Gasteiger partial charge >= 0.3 is 5.97 Å². The number of hydrogen-bond donors (Lipinski definition) is 3. The zero-order valence-corrected chi connectivity index (χ0v) is 9.69. The molecule has 0 aromatic rings. The molecule has 0 aromatic carbocycles. The summed E-state index contributed by atoms with van der Waals surface area (Å²) in [5.74, 6) is -0.350. The molecule has 2 saturated carbocycles. The highest BCUT2D eigenvalue weighted by Gasteiger charge is 2.51. The molecule has 3 N–H and O–H groups in total. The summed E-state index contributed by atoms with van der Waals surface area (Å²) in [6.45, 7) is 1.45. The van der Waals surface area contributed by atoms with E-state index in [2.05, 4.69) is 10.6 Å². The molecule has 5 nitrogen and oxygen atoms in total. The molecule has 2 bridgehead atoms. The summed E-state index contributed by atoms with van der Waals surface area (Å²) in [5, 5.41) is 15.3. The molecule has 5 heteroatoms. The molecule has 4 unspecified atom stereocenters. The fourth-order valence-corrected chi connectivity index (χ4v) is 3.61. The van der Waals surface area contributed by atoms with Gasteiger partial charge in [0.15, 0.2) is 0 Å². The Morgan fingerprint density at radius 1 is 1.18 bits per heavy atom. The number of carboxylic acids is 1. The van der Waals surface area contributed by atoms with Crippen LogP contribution in [0.25, 0.3) is 0 Å². The average Bonchev–Trinajstić information content (AvgIpc) is 2.73. The second-order valence-electron chi connectivity index (χ2n) is 5.59. The smallest absolute Gasteiger partial charge is 0.308 e. The largest absolute Gasteiger partial charge is 0.481 e. The molecule has 1 saturated heterocycles. The van der Waals surface area contributed by atoms with Gasteiger partial charge in [0.2, 0.25) is 5.91 Å². The van der Waals surface area contributed by atoms with Crippen molar-refractivity contribution in [2.24, 2.45) is 23.7 Å². The first kappa shape index (κ1) is 11.0. The molecule has 0 aromatic heterocycles. The van der Waals surface area contributed by atoms with Crippen LogP contribution in [0.4, 0.5) is 0 Å². The Balaban J connectivity index is 1.68. The van der Waals surface area contributed by atoms with Gasteiger partial charge in [-0.2, -0.15) is 0 Å². The van der Waals surface area contributed by atoms with Crippen molar-refractivity contribution in [2.45, 2.75) is 25.3 Å². The van der Waals surface area contributed by atoms with Crippen LogP contribution < -0.4 is 10.6 Å². The number of fused-ring (bicyclic) bond motifs is 2. The highest BCUT2D eigenvalue weighted by Crippen LogP contribution is 2.48. The zero-order chi connectivity index (χ0) is 12.0. The summed E-state index contributed by atoms with van der Waals surface area (Å²) in [5.41, 5.74) is 0. The number of nitrogens with one attached hydrogen (secondary N) is 2. The third kappa shape index (κ3) is 1.73. The monoisotopic (exact) mass is 238 g/mol. The average molecular weight is 238 g/mol. The van der Waals surface area contributed by atoms with Gasteiger partial charge in [-0.05, 0) is 31.1 Å². The fourth-order valence-electron chi connectivity index (χ4n) is 3.61. The molecule has 1 aliphatic heterocycles. The van der Waals surface area contributed by atoms with Crippen LogP contribution in [0, 0.1) is 23.7 Å². The van der Waals surface area contributed by atoms with Crippen LogP contribution in [0.5, 0.6) is 0 Å². The first-order chi connectivity index (χ1) is 8.16. The molecule has 3 rings (SSSR count). The highest BCUT2D eigenvalue weighted by molar-refractivity contribution is 5.82. The van der Waals surface area contributed by atoms with E-state index >= 15 is 0 Å². The molecule has 17 heavy (non-hydrogen) atoms. The summed E-state index contributed by atoms with van der Waals surface area (Å²) in [4.78, 5) is 23.2. The first-order valence-electron chi connectivity index (χ1n) is 6.40. The molecule has 0 radical (unpaired) electrons. The van der Waals surface area contributed by atoms with Crippen LogP contribution in [0.1, 0.15) is 19.3 Å². The van der Waals surface area contributed by atoms with Crippen LogP contribution in [0.15, 0.2) is 0 Å². The second-order valence-corrected chi connectivity index (χ2v) is 5.59. The van der Waals surface area contributed by atoms with Gasteiger partial charge in [0.1, 0.15) is 0 Å². The Bertz CT molecular complexity index is 354. The Hall–Kier alpha value is -1.10. The lowest BCUT2D eigenvalue weighted by atomic mass is 9.84. The summed E-state index contributed by atoms with van der Waals surface area (Å²) >= 11 is 0. The van der Waals surface area contributed by atoms with E-state index in [4.69, 9.17) is 0 Å². The summed E-state index contributed by atoms with van der Waals surface area (Å²) in [6, 6.07) is -0.126. The summed E-state index contributed by atoms with van der Waals surface area (Å²) in [7, 11) is 0. The Labute approximate surface area is 100.0 Å². The van der Waals surface area contributed by atoms with E-state index in [1.165, 1.54) is 0 Å². The lowest BCUT2D eigenvalue weighted by Crippen LogP contribution is -2.55. The second kappa shape index (κ2) is 3.98. The van der Waals surface area contributed by atoms with E-state index in [1.54, 1.807) is 0 Å². The fraction of sp³-hybridized carbons (Fsp3) is 0.833. The number of carbonyl (C=O) groups is 2. The molecule has 1 amide bonds. The number of amides is 1. The maximum absolute atomic E-state index is 11.9. The van der Waals surface area contributed by atoms with Gasteiger partial charge in [-0.25, -0.2) is 0 Å². The molecule has 3 fully saturated rings. The summed E-state index contributed by atoms with van der Waals surface area (Å²) < 4.78 is 0. The molecule has 0 spiro atoms. The normalized spacial score (nSPS) is 40.0. The van der Waals surface area contributed by atoms with Crippen molar-refractivity contribution in [3.8, 4) is 0 Å². The minimum Gasteiger partial charge on any atom is -0.481 e. The molecule has 94 valence electrons. The Morgan fingerprint density at radius 3 is 2.47 bits per heavy atom. The number of hydrogen-bond acceptors (Lipinski definition) is 3. The van der Waals surface area contributed by atoms with Gasteiger partial charge in [-0.1, -0.05) is 0 Å². The predicted octanol–water partition coefficient (Wildman–Crippen LogP) is -0.179. The van der Waals surface area contributed by atoms with E-state index in [1.807, 2.05) is 0 Å². The molecule has 3 aliphatic rings. The van der Waals surface area contributed by atoms with Crippen LogP contribution in [0.2, 0.25) is 0 Å². The topological polar surface area (TPSA) is 78.4 Å². The summed E-state index contributed by atoms with van der Waals surface area (Å²) in [6.07, 6.45) is 3.06. The Kier molecular flexibility index (Phi) is 2.58. The molecule has 4 atom stereocenters. The quantitative estimate of drug-likeness (QED) is 0.637. The molecule has 2 aliphatic carbocycles. The van der Waals surface area contributed by atoms with E-state index in [-0.39, 0.29) is 29.7 Å². The maximum atomic E-state index is 11.9. The van der Waals surface area contributed by atoms with E-state index in [0.717, 1.165) is 32.4 Å². The maximum Gasteiger partial charge on any atom is 0.308 e. The van der Waals surface area contributed by atoms with Crippen LogP contribution in [-0.2, 0) is 9.59 Å². The van der Waals surface area contributed by atoms with Gasteiger partial charge in [0.05, 0.1) is 11.8 Å².